The second-order valence-corrected chi connectivity index (χ2v) is 8.99. The fourth-order valence-electron chi connectivity index (χ4n) is 3.95. The summed E-state index contributed by atoms with van der Waals surface area (Å²) in [4.78, 5) is 25.3. The van der Waals surface area contributed by atoms with E-state index in [2.05, 4.69) is 16.7 Å². The number of carbonyl (C=O) groups excluding carboxylic acids is 2. The summed E-state index contributed by atoms with van der Waals surface area (Å²) >= 11 is 1.42. The lowest BCUT2D eigenvalue weighted by atomic mass is 9.88. The maximum absolute atomic E-state index is 12.3. The summed E-state index contributed by atoms with van der Waals surface area (Å²) in [7, 11) is 0. The van der Waals surface area contributed by atoms with E-state index >= 15 is 0 Å². The molecule has 2 aromatic heterocycles. The second-order valence-electron chi connectivity index (χ2n) is 7.88. The van der Waals surface area contributed by atoms with Crippen molar-refractivity contribution in [3.8, 4) is 6.07 Å². The molecule has 4 rings (SSSR count). The lowest BCUT2D eigenvalue weighted by Gasteiger charge is -2.22. The van der Waals surface area contributed by atoms with Gasteiger partial charge in [0.25, 0.3) is 0 Å². The van der Waals surface area contributed by atoms with E-state index in [4.69, 9.17) is 13.9 Å². The number of nitrogens with zero attached hydrogens (tertiary/aromatic N) is 1. The average molecular weight is 456 g/mol. The van der Waals surface area contributed by atoms with Crippen molar-refractivity contribution in [1.82, 2.24) is 5.32 Å². The standard InChI is InChI=1S/C23H25N3O5S/c24-12-19-18-7-5-15(14-31-23(28)25-13-17-4-2-10-30-17)11-20(18)32-22(19)26-21(27)8-6-16-3-1-9-29-16/h1,3,6,8-9,15,17H,2,4-5,7,10-11,13-14H2,(H,25,28)(H,26,27). The number of rotatable bonds is 7. The van der Waals surface area contributed by atoms with Crippen LogP contribution in [0, 0.1) is 17.2 Å². The highest BCUT2D eigenvalue weighted by Crippen LogP contribution is 2.39. The molecule has 2 N–H and O–H groups in total. The molecule has 0 bridgehead atoms. The van der Waals surface area contributed by atoms with Crippen molar-refractivity contribution in [2.24, 2.45) is 5.92 Å². The van der Waals surface area contributed by atoms with Crippen LogP contribution in [-0.2, 0) is 27.1 Å². The van der Waals surface area contributed by atoms with Crippen LogP contribution in [0.25, 0.3) is 6.08 Å². The number of anilines is 1. The summed E-state index contributed by atoms with van der Waals surface area (Å²) in [6.07, 6.45) is 8.39. The topological polar surface area (TPSA) is 114 Å². The molecule has 168 valence electrons. The van der Waals surface area contributed by atoms with Gasteiger partial charge in [0.05, 0.1) is 24.5 Å². The molecule has 1 aliphatic heterocycles. The van der Waals surface area contributed by atoms with Gasteiger partial charge >= 0.3 is 6.09 Å². The van der Waals surface area contributed by atoms with Crippen molar-refractivity contribution in [1.29, 1.82) is 5.26 Å². The molecule has 0 radical (unpaired) electrons. The summed E-state index contributed by atoms with van der Waals surface area (Å²) in [5, 5.41) is 15.8. The second kappa shape index (κ2) is 10.5. The van der Waals surface area contributed by atoms with E-state index in [0.717, 1.165) is 42.7 Å². The van der Waals surface area contributed by atoms with Crippen LogP contribution in [0.5, 0.6) is 0 Å². The summed E-state index contributed by atoms with van der Waals surface area (Å²) in [6, 6.07) is 5.72. The number of amides is 2. The SMILES string of the molecule is N#Cc1c(NC(=O)C=Cc2ccco2)sc2c1CCC(COC(=O)NCC1CCCO1)C2. The molecular formula is C23H25N3O5S. The Kier molecular flexibility index (Phi) is 7.24. The maximum Gasteiger partial charge on any atom is 0.407 e. The molecule has 1 saturated heterocycles. The molecule has 2 atom stereocenters. The molecular weight excluding hydrogens is 430 g/mol. The Labute approximate surface area is 190 Å². The molecule has 3 heterocycles. The van der Waals surface area contributed by atoms with Crippen LogP contribution in [0.2, 0.25) is 0 Å². The van der Waals surface area contributed by atoms with Crippen molar-refractivity contribution in [3.05, 3.63) is 46.2 Å². The van der Waals surface area contributed by atoms with Gasteiger partial charge in [-0.15, -0.1) is 11.3 Å². The van der Waals surface area contributed by atoms with E-state index in [1.165, 1.54) is 23.7 Å². The number of hydrogen-bond donors (Lipinski definition) is 2. The minimum atomic E-state index is -0.425. The maximum atomic E-state index is 12.3. The molecule has 2 unspecified atom stereocenters. The highest BCUT2D eigenvalue weighted by Gasteiger charge is 2.27. The van der Waals surface area contributed by atoms with Gasteiger partial charge in [0, 0.05) is 24.1 Å². The third-order valence-corrected chi connectivity index (χ3v) is 6.78. The third-order valence-electron chi connectivity index (χ3n) is 5.61. The summed E-state index contributed by atoms with van der Waals surface area (Å²) in [5.41, 5.74) is 1.51. The average Bonchev–Trinajstić information content (AvgIpc) is 3.55. The van der Waals surface area contributed by atoms with Crippen LogP contribution in [0.4, 0.5) is 9.80 Å². The Morgan fingerprint density at radius 2 is 2.28 bits per heavy atom. The number of ether oxygens (including phenoxy) is 2. The first-order chi connectivity index (χ1) is 15.6. The van der Waals surface area contributed by atoms with Crippen LogP contribution in [0.15, 0.2) is 28.9 Å². The summed E-state index contributed by atoms with van der Waals surface area (Å²) in [6.45, 7) is 1.55. The third kappa shape index (κ3) is 5.58. The van der Waals surface area contributed by atoms with E-state index < -0.39 is 6.09 Å². The van der Waals surface area contributed by atoms with E-state index in [0.29, 0.717) is 35.9 Å². The van der Waals surface area contributed by atoms with Gasteiger partial charge in [-0.1, -0.05) is 0 Å². The van der Waals surface area contributed by atoms with Crippen LogP contribution in [-0.4, -0.2) is 37.9 Å². The monoisotopic (exact) mass is 455 g/mol. The van der Waals surface area contributed by atoms with Crippen LogP contribution < -0.4 is 10.6 Å². The molecule has 8 nitrogen and oxygen atoms in total. The van der Waals surface area contributed by atoms with E-state index in [9.17, 15) is 14.9 Å². The molecule has 1 aliphatic carbocycles. The number of furan rings is 1. The number of alkyl carbamates (subject to hydrolysis) is 1. The van der Waals surface area contributed by atoms with Gasteiger partial charge in [-0.3, -0.25) is 4.79 Å². The van der Waals surface area contributed by atoms with Crippen molar-refractivity contribution < 1.29 is 23.5 Å². The summed E-state index contributed by atoms with van der Waals surface area (Å²) in [5.74, 6) is 0.441. The zero-order valence-corrected chi connectivity index (χ0v) is 18.4. The number of carbonyl (C=O) groups is 2. The Bertz CT molecular complexity index is 1020. The predicted molar refractivity (Wildman–Crippen MR) is 119 cm³/mol. The normalized spacial score (nSPS) is 20.0. The molecule has 0 saturated carbocycles. The van der Waals surface area contributed by atoms with Crippen molar-refractivity contribution in [3.63, 3.8) is 0 Å². The van der Waals surface area contributed by atoms with Gasteiger partial charge in [0.15, 0.2) is 0 Å². The first-order valence-electron chi connectivity index (χ1n) is 10.7. The van der Waals surface area contributed by atoms with Gasteiger partial charge in [0.1, 0.15) is 16.8 Å². The number of nitrogens with one attached hydrogen (secondary N) is 2. The minimum absolute atomic E-state index is 0.0814. The first-order valence-corrected chi connectivity index (χ1v) is 11.5. The van der Waals surface area contributed by atoms with E-state index in [-0.39, 0.29) is 17.9 Å². The molecule has 0 spiro atoms. The lowest BCUT2D eigenvalue weighted by molar-refractivity contribution is -0.111. The summed E-state index contributed by atoms with van der Waals surface area (Å²) < 4.78 is 16.1. The van der Waals surface area contributed by atoms with Crippen molar-refractivity contribution >= 4 is 34.4 Å². The van der Waals surface area contributed by atoms with Crippen LogP contribution in [0.1, 0.15) is 41.0 Å². The molecule has 2 aliphatic rings. The zero-order valence-electron chi connectivity index (χ0n) is 17.6. The Morgan fingerprint density at radius 3 is 3.03 bits per heavy atom. The number of hydrogen-bond acceptors (Lipinski definition) is 7. The number of thiophene rings is 1. The van der Waals surface area contributed by atoms with Crippen LogP contribution in [0.3, 0.4) is 0 Å². The Morgan fingerprint density at radius 1 is 1.38 bits per heavy atom. The largest absolute Gasteiger partial charge is 0.465 e. The quantitative estimate of drug-likeness (QED) is 0.613. The van der Waals surface area contributed by atoms with E-state index in [1.54, 1.807) is 18.2 Å². The number of fused-ring (bicyclic) bond motifs is 1. The molecule has 2 aromatic rings. The van der Waals surface area contributed by atoms with Crippen molar-refractivity contribution in [2.45, 2.75) is 38.2 Å². The molecule has 1 fully saturated rings. The highest BCUT2D eigenvalue weighted by atomic mass is 32.1. The fourth-order valence-corrected chi connectivity index (χ4v) is 5.26. The lowest BCUT2D eigenvalue weighted by Crippen LogP contribution is -2.33. The van der Waals surface area contributed by atoms with E-state index in [1.807, 2.05) is 0 Å². The van der Waals surface area contributed by atoms with Crippen LogP contribution >= 0.6 is 11.3 Å². The minimum Gasteiger partial charge on any atom is -0.465 e. The smallest absolute Gasteiger partial charge is 0.407 e. The van der Waals surface area contributed by atoms with Gasteiger partial charge in [-0.2, -0.15) is 5.26 Å². The fraction of sp³-hybridized carbons (Fsp3) is 0.435. The van der Waals surface area contributed by atoms with Gasteiger partial charge in [-0.25, -0.2) is 4.79 Å². The molecule has 32 heavy (non-hydrogen) atoms. The van der Waals surface area contributed by atoms with Gasteiger partial charge < -0.3 is 24.5 Å². The van der Waals surface area contributed by atoms with Gasteiger partial charge in [0.2, 0.25) is 5.91 Å². The van der Waals surface area contributed by atoms with Crippen molar-refractivity contribution in [2.75, 3.05) is 25.1 Å². The first kappa shape index (κ1) is 22.1. The van der Waals surface area contributed by atoms with Gasteiger partial charge in [-0.05, 0) is 61.8 Å². The highest BCUT2D eigenvalue weighted by molar-refractivity contribution is 7.16. The Balaban J connectivity index is 1.30. The zero-order chi connectivity index (χ0) is 22.3. The molecule has 9 heteroatoms. The molecule has 2 amide bonds. The predicted octanol–water partition coefficient (Wildman–Crippen LogP) is 3.87. The Hall–Kier alpha value is -3.09. The number of nitriles is 1. The molecule has 0 aromatic carbocycles.